The van der Waals surface area contributed by atoms with E-state index in [1.54, 1.807) is 22.0 Å². The molecule has 0 saturated carbocycles. The van der Waals surface area contributed by atoms with Gasteiger partial charge in [-0.3, -0.25) is 19.2 Å². The van der Waals surface area contributed by atoms with Crippen LogP contribution in [0.3, 0.4) is 0 Å². The summed E-state index contributed by atoms with van der Waals surface area (Å²) in [5, 5.41) is 12.5. The highest BCUT2D eigenvalue weighted by Gasteiger charge is 2.75. The van der Waals surface area contributed by atoms with Crippen molar-refractivity contribution in [2.24, 2.45) is 11.8 Å². The van der Waals surface area contributed by atoms with Crippen LogP contribution in [0.4, 0.5) is 5.69 Å². The smallest absolute Gasteiger partial charge is 0.313 e. The van der Waals surface area contributed by atoms with Gasteiger partial charge in [-0.05, 0) is 62.6 Å². The summed E-state index contributed by atoms with van der Waals surface area (Å²) in [5.74, 6) is -3.42. The Labute approximate surface area is 300 Å². The second-order valence-corrected chi connectivity index (χ2v) is 13.7. The summed E-state index contributed by atoms with van der Waals surface area (Å²) in [6, 6.07) is 13.2. The predicted octanol–water partition coefficient (Wildman–Crippen LogP) is 4.35. The van der Waals surface area contributed by atoms with Gasteiger partial charge in [-0.1, -0.05) is 60.7 Å². The lowest BCUT2D eigenvalue weighted by Gasteiger charge is -2.37. The van der Waals surface area contributed by atoms with Gasteiger partial charge >= 0.3 is 5.97 Å². The van der Waals surface area contributed by atoms with E-state index in [0.717, 1.165) is 16.8 Å². The summed E-state index contributed by atoms with van der Waals surface area (Å²) in [7, 11) is 1.51. The molecule has 5 rings (SSSR count). The molecule has 2 bridgehead atoms. The molecule has 3 fully saturated rings. The topological polar surface area (TPSA) is 135 Å². The number of aliphatic hydroxyl groups is 1. The highest BCUT2D eigenvalue weighted by atomic mass is 16.6. The van der Waals surface area contributed by atoms with Crippen LogP contribution in [-0.2, 0) is 33.4 Å². The molecule has 2 N–H and O–H groups in total. The standard InChI is InChI=1S/C40H51N3O8/c1-6-8-19-31(45)41-29(25-49-5)35(28-17-10-9-11-18-28)50-39(48)32-30-20-21-40(51-30)33(32)37(46)43(23-12-13-24-44)36(40)38(47)42(22-7-2)34-26(3)15-14-16-27(34)4/h6-7,9-11,14-18,29-30,32-33,35-36,44H,1-2,8,12-13,19-25H2,3-5H3,(H,41,45)/t29-,30-,32+,33+,35-,36-,40+/m0/s1. The summed E-state index contributed by atoms with van der Waals surface area (Å²) < 4.78 is 18.5. The number of methoxy groups -OCH3 is 1. The van der Waals surface area contributed by atoms with Crippen LogP contribution in [0.5, 0.6) is 0 Å². The van der Waals surface area contributed by atoms with Gasteiger partial charge in [-0.2, -0.15) is 0 Å². The van der Waals surface area contributed by atoms with Crippen molar-refractivity contribution >= 4 is 29.4 Å². The lowest BCUT2D eigenvalue weighted by molar-refractivity contribution is -0.163. The summed E-state index contributed by atoms with van der Waals surface area (Å²) in [6.45, 7) is 11.9. The quantitative estimate of drug-likeness (QED) is 0.133. The molecule has 7 atom stereocenters. The minimum atomic E-state index is -1.25. The molecule has 2 aromatic carbocycles. The molecule has 1 spiro atoms. The number of benzene rings is 2. The van der Waals surface area contributed by atoms with Gasteiger partial charge in [0.25, 0.3) is 5.91 Å². The number of amides is 3. The number of aliphatic hydroxyl groups excluding tert-OH is 1. The molecule has 11 heteroatoms. The molecule has 274 valence electrons. The number of ether oxygens (including phenoxy) is 3. The fourth-order valence-corrected chi connectivity index (χ4v) is 8.26. The van der Waals surface area contributed by atoms with Crippen molar-refractivity contribution in [1.29, 1.82) is 0 Å². The van der Waals surface area contributed by atoms with E-state index in [1.165, 1.54) is 7.11 Å². The third-order valence-electron chi connectivity index (χ3n) is 10.4. The molecule has 3 heterocycles. The maximum Gasteiger partial charge on any atom is 0.313 e. The summed E-state index contributed by atoms with van der Waals surface area (Å²) >= 11 is 0. The number of carbonyl (C=O) groups is 4. The Kier molecular flexibility index (Phi) is 12.5. The van der Waals surface area contributed by atoms with Gasteiger partial charge < -0.3 is 34.4 Å². The third kappa shape index (κ3) is 7.52. The van der Waals surface area contributed by atoms with Crippen molar-refractivity contribution in [1.82, 2.24) is 10.2 Å². The van der Waals surface area contributed by atoms with E-state index in [9.17, 15) is 24.3 Å². The van der Waals surface area contributed by atoms with Crippen molar-refractivity contribution in [3.05, 3.63) is 90.5 Å². The number of esters is 1. The first kappa shape index (κ1) is 37.9. The third-order valence-corrected chi connectivity index (χ3v) is 10.4. The van der Waals surface area contributed by atoms with Crippen molar-refractivity contribution in [2.45, 2.75) is 82.3 Å². The lowest BCUT2D eigenvalue weighted by Crippen LogP contribution is -2.56. The molecule has 0 radical (unpaired) electrons. The number of unbranched alkanes of at least 4 members (excludes halogenated alkanes) is 1. The Morgan fingerprint density at radius 3 is 2.47 bits per heavy atom. The van der Waals surface area contributed by atoms with Crippen LogP contribution < -0.4 is 10.2 Å². The monoisotopic (exact) mass is 701 g/mol. The van der Waals surface area contributed by atoms with Gasteiger partial charge in [-0.15, -0.1) is 13.2 Å². The second-order valence-electron chi connectivity index (χ2n) is 13.7. The second kappa shape index (κ2) is 16.8. The molecule has 0 aromatic heterocycles. The molecule has 0 unspecified atom stereocenters. The Morgan fingerprint density at radius 1 is 1.10 bits per heavy atom. The van der Waals surface area contributed by atoms with Crippen molar-refractivity contribution in [3.8, 4) is 0 Å². The SMILES string of the molecule is C=CCCC(=O)N[C@@H](COC)[C@@H](OC(=O)[C@@H]1[C@@H]2CC[C@]3(O2)[C@H](C(=O)N(CC=C)c2c(C)cccc2C)N(CCCCO)C(=O)[C@@H]13)c1ccccc1. The number of rotatable bonds is 18. The van der Waals surface area contributed by atoms with Gasteiger partial charge in [0.1, 0.15) is 17.7 Å². The number of aryl methyl sites for hydroxylation is 2. The van der Waals surface area contributed by atoms with E-state index in [2.05, 4.69) is 18.5 Å². The Bertz CT molecular complexity index is 1580. The average molecular weight is 702 g/mol. The zero-order valence-electron chi connectivity index (χ0n) is 29.9. The van der Waals surface area contributed by atoms with Crippen molar-refractivity contribution in [3.63, 3.8) is 0 Å². The number of likely N-dealkylation sites (tertiary alicyclic amines) is 1. The molecule has 11 nitrogen and oxygen atoms in total. The van der Waals surface area contributed by atoms with Crippen molar-refractivity contribution in [2.75, 3.05) is 38.3 Å². The van der Waals surface area contributed by atoms with Gasteiger partial charge in [-0.25, -0.2) is 0 Å². The van der Waals surface area contributed by atoms with Crippen LogP contribution in [0.25, 0.3) is 0 Å². The van der Waals surface area contributed by atoms with Crippen LogP contribution in [-0.4, -0.2) is 90.9 Å². The van der Waals surface area contributed by atoms with Crippen molar-refractivity contribution < 1.29 is 38.5 Å². The number of para-hydroxylation sites is 1. The molecule has 3 aliphatic heterocycles. The number of anilines is 1. The van der Waals surface area contributed by atoms with E-state index < -0.39 is 47.7 Å². The molecular formula is C40H51N3O8. The molecule has 51 heavy (non-hydrogen) atoms. The van der Waals surface area contributed by atoms with Gasteiger partial charge in [0.05, 0.1) is 30.6 Å². The van der Waals surface area contributed by atoms with E-state index in [-0.39, 0.29) is 50.4 Å². The minimum absolute atomic E-state index is 0.0542. The molecule has 3 saturated heterocycles. The van der Waals surface area contributed by atoms with E-state index in [4.69, 9.17) is 14.2 Å². The molecule has 3 amide bonds. The van der Waals surface area contributed by atoms with Crippen LogP contribution in [0.2, 0.25) is 0 Å². The average Bonchev–Trinajstić information content (AvgIpc) is 3.76. The maximum absolute atomic E-state index is 14.9. The van der Waals surface area contributed by atoms with E-state index >= 15 is 0 Å². The van der Waals surface area contributed by atoms with Crippen LogP contribution in [0, 0.1) is 25.7 Å². The summed E-state index contributed by atoms with van der Waals surface area (Å²) in [5.41, 5.74) is 1.97. The van der Waals surface area contributed by atoms with Crippen LogP contribution in [0.15, 0.2) is 73.8 Å². The molecular weight excluding hydrogens is 650 g/mol. The maximum atomic E-state index is 14.9. The summed E-state index contributed by atoms with van der Waals surface area (Å²) in [6.07, 6.45) is 4.27. The molecule has 2 aromatic rings. The number of hydrogen-bond acceptors (Lipinski definition) is 8. The number of nitrogens with one attached hydrogen (secondary N) is 1. The fourth-order valence-electron chi connectivity index (χ4n) is 8.26. The zero-order chi connectivity index (χ0) is 36.7. The lowest BCUT2D eigenvalue weighted by atomic mass is 9.70. The molecule has 0 aliphatic carbocycles. The number of nitrogens with zero attached hydrogens (tertiary/aromatic N) is 2. The fraction of sp³-hybridized carbons (Fsp3) is 0.500. The van der Waals surface area contributed by atoms with Crippen LogP contribution in [0.1, 0.15) is 61.3 Å². The molecule has 3 aliphatic rings. The van der Waals surface area contributed by atoms with Crippen LogP contribution >= 0.6 is 0 Å². The highest BCUT2D eigenvalue weighted by molar-refractivity contribution is 6.05. The zero-order valence-corrected chi connectivity index (χ0v) is 29.9. The largest absolute Gasteiger partial charge is 0.455 e. The van der Waals surface area contributed by atoms with Gasteiger partial charge in [0.15, 0.2) is 0 Å². The van der Waals surface area contributed by atoms with E-state index in [0.29, 0.717) is 37.7 Å². The first-order valence-electron chi connectivity index (χ1n) is 17.9. The highest BCUT2D eigenvalue weighted by Crippen LogP contribution is 2.59. The summed E-state index contributed by atoms with van der Waals surface area (Å²) in [4.78, 5) is 60.1. The number of fused-ring (bicyclic) bond motifs is 1. The Morgan fingerprint density at radius 2 is 1.82 bits per heavy atom. The number of hydrogen-bond donors (Lipinski definition) is 2. The first-order valence-corrected chi connectivity index (χ1v) is 17.9. The number of carbonyl (C=O) groups excluding carboxylic acids is 4. The normalized spacial score (nSPS) is 24.5. The Hall–Kier alpha value is -4.32. The minimum Gasteiger partial charge on any atom is -0.455 e. The predicted molar refractivity (Wildman–Crippen MR) is 193 cm³/mol. The van der Waals surface area contributed by atoms with E-state index in [1.807, 2.05) is 62.4 Å². The van der Waals surface area contributed by atoms with Gasteiger partial charge in [0.2, 0.25) is 11.8 Å². The Balaban J connectivity index is 1.51. The first-order chi connectivity index (χ1) is 24.6. The number of allylic oxidation sites excluding steroid dienone is 1. The van der Waals surface area contributed by atoms with Gasteiger partial charge in [0, 0.05) is 38.9 Å².